The Morgan fingerprint density at radius 2 is 1.74 bits per heavy atom. The van der Waals surface area contributed by atoms with Crippen molar-refractivity contribution in [3.8, 4) is 0 Å². The van der Waals surface area contributed by atoms with E-state index in [1.54, 1.807) is 29.2 Å². The van der Waals surface area contributed by atoms with Crippen LogP contribution in [0.2, 0.25) is 5.02 Å². The molecule has 0 bridgehead atoms. The third kappa shape index (κ3) is 7.22. The Labute approximate surface area is 243 Å². The van der Waals surface area contributed by atoms with Crippen molar-refractivity contribution in [1.29, 1.82) is 0 Å². The second-order valence-corrected chi connectivity index (χ2v) is 10.6. The molecule has 2 N–H and O–H groups in total. The monoisotopic (exact) mass is 613 g/mol. The molecule has 0 aliphatic carbocycles. The van der Waals surface area contributed by atoms with Crippen molar-refractivity contribution in [2.45, 2.75) is 31.0 Å². The van der Waals surface area contributed by atoms with Gasteiger partial charge in [0, 0.05) is 68.9 Å². The van der Waals surface area contributed by atoms with Crippen LogP contribution in [-0.2, 0) is 10.9 Å². The number of ether oxygens (including phenoxy) is 1. The van der Waals surface area contributed by atoms with Gasteiger partial charge in [0.2, 0.25) is 5.82 Å². The Balaban J connectivity index is 1.33. The van der Waals surface area contributed by atoms with E-state index in [-0.39, 0.29) is 35.8 Å². The van der Waals surface area contributed by atoms with Gasteiger partial charge in [-0.05, 0) is 24.3 Å². The lowest BCUT2D eigenvalue weighted by Gasteiger charge is -2.37. The van der Waals surface area contributed by atoms with Crippen LogP contribution < -0.4 is 10.6 Å². The molecule has 2 aromatic heterocycles. The van der Waals surface area contributed by atoms with Crippen molar-refractivity contribution in [3.63, 3.8) is 0 Å². The quantitative estimate of drug-likeness (QED) is 0.356. The van der Waals surface area contributed by atoms with E-state index in [2.05, 4.69) is 30.5 Å². The molecule has 226 valence electrons. The minimum Gasteiger partial charge on any atom is -0.379 e. The molecule has 1 atom stereocenters. The lowest BCUT2D eigenvalue weighted by Crippen LogP contribution is -2.45. The molecule has 3 aromatic rings. The van der Waals surface area contributed by atoms with Crippen LogP contribution in [0.4, 0.5) is 27.8 Å². The summed E-state index contributed by atoms with van der Waals surface area (Å²) < 4.78 is 72.1. The smallest absolute Gasteiger partial charge is 0.379 e. The molecule has 1 unspecified atom stereocenters. The first-order chi connectivity index (χ1) is 20.0. The van der Waals surface area contributed by atoms with Crippen LogP contribution >= 0.6 is 11.6 Å². The van der Waals surface area contributed by atoms with Crippen LogP contribution in [-0.4, -0.2) is 89.2 Å². The second kappa shape index (κ2) is 12.6. The van der Waals surface area contributed by atoms with Gasteiger partial charge in [0.15, 0.2) is 0 Å². The average Bonchev–Trinajstić information content (AvgIpc) is 2.97. The highest BCUT2D eigenvalue weighted by molar-refractivity contribution is 6.35. The number of piperidine rings is 1. The Bertz CT molecular complexity index is 1390. The molecule has 4 heterocycles. The van der Waals surface area contributed by atoms with Gasteiger partial charge in [0.25, 0.3) is 11.8 Å². The number of amides is 1. The highest BCUT2D eigenvalue weighted by Gasteiger charge is 2.38. The number of pyridine rings is 1. The van der Waals surface area contributed by atoms with Gasteiger partial charge in [-0.1, -0.05) is 11.6 Å². The van der Waals surface area contributed by atoms with E-state index in [0.29, 0.717) is 36.6 Å². The molecule has 1 amide bonds. The Hall–Kier alpha value is -3.20. The summed E-state index contributed by atoms with van der Waals surface area (Å²) in [7, 11) is 0. The normalized spacial score (nSPS) is 19.0. The molecule has 2 fully saturated rings. The summed E-state index contributed by atoms with van der Waals surface area (Å²) in [6.07, 6.45) is -3.53. The summed E-state index contributed by atoms with van der Waals surface area (Å²) in [4.78, 5) is 28.7. The maximum atomic E-state index is 13.8. The Kier molecular flexibility index (Phi) is 9.06. The van der Waals surface area contributed by atoms with Gasteiger partial charge >= 0.3 is 6.18 Å². The molecule has 2 aliphatic rings. The van der Waals surface area contributed by atoms with Crippen LogP contribution in [0.1, 0.15) is 40.6 Å². The molecule has 2 aliphatic heterocycles. The third-order valence-corrected chi connectivity index (χ3v) is 7.69. The van der Waals surface area contributed by atoms with Crippen LogP contribution in [0.5, 0.6) is 0 Å². The number of nitrogens with zero attached hydrogens (tertiary/aromatic N) is 5. The maximum Gasteiger partial charge on any atom is 0.451 e. The first-order valence-corrected chi connectivity index (χ1v) is 13.8. The standard InChI is InChI=1S/C27H29ClF5N7O2/c28-19-2-3-20-18(1-4-22(38-20)37-16-39-9-11-42-12-10-39)23(19)24(41)34-15-21(40-7-5-26(29,30)6-8-40)17-13-35-25(36-14-17)27(31,32)33/h1-4,13-14,21H,5-12,15-16H2,(H,34,41)(H,37,38). The fraction of sp³-hybridized carbons (Fsp3) is 0.481. The van der Waals surface area contributed by atoms with Crippen molar-refractivity contribution in [1.82, 2.24) is 30.1 Å². The van der Waals surface area contributed by atoms with E-state index in [9.17, 15) is 26.7 Å². The van der Waals surface area contributed by atoms with E-state index in [1.807, 2.05) is 0 Å². The SMILES string of the molecule is O=C(NCC(c1cnc(C(F)(F)F)nc1)N1CCC(F)(F)CC1)c1c(Cl)ccc2nc(NCN3CCOCC3)ccc12. The van der Waals surface area contributed by atoms with E-state index >= 15 is 0 Å². The van der Waals surface area contributed by atoms with E-state index in [1.165, 1.54) is 0 Å². The zero-order valence-corrected chi connectivity index (χ0v) is 23.2. The van der Waals surface area contributed by atoms with Crippen molar-refractivity contribution < 1.29 is 31.5 Å². The second-order valence-electron chi connectivity index (χ2n) is 10.2. The number of fused-ring (bicyclic) bond motifs is 1. The van der Waals surface area contributed by atoms with Crippen molar-refractivity contribution in [3.05, 3.63) is 58.6 Å². The zero-order valence-electron chi connectivity index (χ0n) is 22.4. The van der Waals surface area contributed by atoms with Gasteiger partial charge in [0.05, 0.1) is 42.0 Å². The predicted molar refractivity (Wildman–Crippen MR) is 145 cm³/mol. The molecule has 0 spiro atoms. The number of rotatable bonds is 8. The van der Waals surface area contributed by atoms with Gasteiger partial charge in [-0.2, -0.15) is 13.2 Å². The maximum absolute atomic E-state index is 13.8. The first-order valence-electron chi connectivity index (χ1n) is 13.4. The number of carbonyl (C=O) groups excluding carboxylic acids is 1. The number of likely N-dealkylation sites (tertiary alicyclic amines) is 1. The summed E-state index contributed by atoms with van der Waals surface area (Å²) in [5.41, 5.74) is 0.964. The molecule has 42 heavy (non-hydrogen) atoms. The molecule has 2 saturated heterocycles. The number of nitrogens with one attached hydrogen (secondary N) is 2. The number of halogens is 6. The van der Waals surface area contributed by atoms with Crippen LogP contribution in [0.3, 0.4) is 0 Å². The highest BCUT2D eigenvalue weighted by atomic mass is 35.5. The number of alkyl halides is 5. The fourth-order valence-electron chi connectivity index (χ4n) is 5.01. The van der Waals surface area contributed by atoms with E-state index in [4.69, 9.17) is 16.3 Å². The number of aromatic nitrogens is 3. The first kappa shape index (κ1) is 30.3. The van der Waals surface area contributed by atoms with Gasteiger partial charge in [-0.25, -0.2) is 23.7 Å². The number of hydrogen-bond donors (Lipinski definition) is 2. The molecular weight excluding hydrogens is 585 g/mol. The summed E-state index contributed by atoms with van der Waals surface area (Å²) in [6.45, 7) is 3.39. The summed E-state index contributed by atoms with van der Waals surface area (Å²) >= 11 is 6.43. The zero-order chi connectivity index (χ0) is 29.9. The predicted octanol–water partition coefficient (Wildman–Crippen LogP) is 4.60. The largest absolute Gasteiger partial charge is 0.451 e. The van der Waals surface area contributed by atoms with E-state index in [0.717, 1.165) is 25.5 Å². The number of carbonyl (C=O) groups is 1. The minimum absolute atomic E-state index is 0.0201. The van der Waals surface area contributed by atoms with Gasteiger partial charge in [0.1, 0.15) is 5.82 Å². The average molecular weight is 614 g/mol. The van der Waals surface area contributed by atoms with Crippen LogP contribution in [0, 0.1) is 0 Å². The summed E-state index contributed by atoms with van der Waals surface area (Å²) in [6, 6.07) is 6.00. The van der Waals surface area contributed by atoms with Gasteiger partial charge in [-0.15, -0.1) is 0 Å². The molecule has 15 heteroatoms. The van der Waals surface area contributed by atoms with Crippen molar-refractivity contribution in [2.75, 3.05) is 57.9 Å². The molecule has 0 radical (unpaired) electrons. The number of morpholine rings is 1. The summed E-state index contributed by atoms with van der Waals surface area (Å²) in [5.74, 6) is -4.07. The van der Waals surface area contributed by atoms with Crippen molar-refractivity contribution in [2.24, 2.45) is 0 Å². The number of anilines is 1. The van der Waals surface area contributed by atoms with Crippen LogP contribution in [0.15, 0.2) is 36.7 Å². The highest BCUT2D eigenvalue weighted by Crippen LogP contribution is 2.33. The van der Waals surface area contributed by atoms with Gasteiger partial charge < -0.3 is 15.4 Å². The molecule has 5 rings (SSSR count). The Morgan fingerprint density at radius 1 is 1.05 bits per heavy atom. The lowest BCUT2D eigenvalue weighted by molar-refractivity contribution is -0.145. The lowest BCUT2D eigenvalue weighted by atomic mass is 10.0. The fourth-order valence-corrected chi connectivity index (χ4v) is 5.26. The molecular formula is C27H29ClF5N7O2. The third-order valence-electron chi connectivity index (χ3n) is 7.37. The number of hydrogen-bond acceptors (Lipinski definition) is 8. The number of benzene rings is 1. The molecule has 1 aromatic carbocycles. The van der Waals surface area contributed by atoms with Crippen molar-refractivity contribution >= 4 is 34.2 Å². The Morgan fingerprint density at radius 3 is 2.40 bits per heavy atom. The minimum atomic E-state index is -4.73. The van der Waals surface area contributed by atoms with Gasteiger partial charge in [-0.3, -0.25) is 14.6 Å². The topological polar surface area (TPSA) is 95.5 Å². The molecule has 0 saturated carbocycles. The summed E-state index contributed by atoms with van der Waals surface area (Å²) in [5, 5.41) is 6.74. The van der Waals surface area contributed by atoms with E-state index < -0.39 is 42.7 Å². The molecule has 9 nitrogen and oxygen atoms in total. The van der Waals surface area contributed by atoms with Crippen LogP contribution in [0.25, 0.3) is 10.9 Å².